The second kappa shape index (κ2) is 4.95. The van der Waals surface area contributed by atoms with E-state index in [9.17, 15) is 14.0 Å². The summed E-state index contributed by atoms with van der Waals surface area (Å²) in [5, 5.41) is 11.0. The van der Waals surface area contributed by atoms with Crippen molar-refractivity contribution in [3.8, 4) is 0 Å². The summed E-state index contributed by atoms with van der Waals surface area (Å²) < 4.78 is 12.8. The Kier molecular flexibility index (Phi) is 3.83. The van der Waals surface area contributed by atoms with Crippen molar-refractivity contribution in [3.63, 3.8) is 0 Å². The summed E-state index contributed by atoms with van der Waals surface area (Å²) in [4.78, 5) is 21.7. The van der Waals surface area contributed by atoms with E-state index in [-0.39, 0.29) is 0 Å². The summed E-state index contributed by atoms with van der Waals surface area (Å²) in [5.74, 6) is -0.410. The van der Waals surface area contributed by atoms with Crippen LogP contribution >= 0.6 is 0 Å². The summed E-state index contributed by atoms with van der Waals surface area (Å²) in [6.07, 6.45) is -0.550. The van der Waals surface area contributed by atoms with Crippen LogP contribution in [0.2, 0.25) is 0 Å². The first-order valence-corrected chi connectivity index (χ1v) is 5.08. The van der Waals surface area contributed by atoms with E-state index < -0.39 is 23.4 Å². The van der Waals surface area contributed by atoms with Crippen LogP contribution in [0.1, 0.15) is 25.5 Å². The van der Waals surface area contributed by atoms with Crippen LogP contribution in [0.4, 0.5) is 9.18 Å². The lowest BCUT2D eigenvalue weighted by molar-refractivity contribution is -0.116. The zero-order valence-electron chi connectivity index (χ0n) is 9.61. The van der Waals surface area contributed by atoms with Crippen LogP contribution in [-0.4, -0.2) is 17.5 Å². The highest BCUT2D eigenvalue weighted by Gasteiger charge is 2.31. The lowest BCUT2D eigenvalue weighted by Crippen LogP contribution is -2.38. The minimum absolute atomic E-state index is 0.410. The maximum Gasteiger partial charge on any atom is 0.405 e. The van der Waals surface area contributed by atoms with Crippen molar-refractivity contribution >= 4 is 12.4 Å². The molecule has 1 rings (SSSR count). The number of carbonyl (C=O) groups excluding carboxylic acids is 1. The molecular formula is C12H14FNO3. The number of nitrogens with one attached hydrogen (secondary N) is 1. The van der Waals surface area contributed by atoms with Gasteiger partial charge in [0.2, 0.25) is 0 Å². The average molecular weight is 239 g/mol. The van der Waals surface area contributed by atoms with Gasteiger partial charge in [-0.1, -0.05) is 26.0 Å². The van der Waals surface area contributed by atoms with Gasteiger partial charge in [0, 0.05) is 5.41 Å². The smallest absolute Gasteiger partial charge is 0.405 e. The Balaban J connectivity index is 3.10. The van der Waals surface area contributed by atoms with Crippen LogP contribution in [0.25, 0.3) is 0 Å². The summed E-state index contributed by atoms with van der Waals surface area (Å²) >= 11 is 0. The molecule has 0 bridgehead atoms. The van der Waals surface area contributed by atoms with Gasteiger partial charge in [-0.15, -0.1) is 0 Å². The Morgan fingerprint density at radius 3 is 2.35 bits per heavy atom. The normalized spacial score (nSPS) is 12.9. The van der Waals surface area contributed by atoms with Crippen LogP contribution in [0.3, 0.4) is 0 Å². The van der Waals surface area contributed by atoms with Gasteiger partial charge in [0.1, 0.15) is 12.1 Å². The Morgan fingerprint density at radius 2 is 1.94 bits per heavy atom. The Bertz CT molecular complexity index is 414. The third-order valence-corrected chi connectivity index (χ3v) is 2.52. The number of aldehydes is 1. The van der Waals surface area contributed by atoms with Crippen molar-refractivity contribution in [1.29, 1.82) is 0 Å². The quantitative estimate of drug-likeness (QED) is 0.792. The Morgan fingerprint density at radius 1 is 1.41 bits per heavy atom. The zero-order chi connectivity index (χ0) is 13.1. The highest BCUT2D eigenvalue weighted by Crippen LogP contribution is 2.31. The van der Waals surface area contributed by atoms with Gasteiger partial charge in [-0.3, -0.25) is 0 Å². The molecule has 0 aliphatic heterocycles. The molecule has 0 spiro atoms. The molecule has 0 fully saturated rings. The van der Waals surface area contributed by atoms with E-state index in [0.29, 0.717) is 11.8 Å². The molecule has 1 aromatic carbocycles. The molecule has 1 aromatic rings. The monoisotopic (exact) mass is 239 g/mol. The molecule has 17 heavy (non-hydrogen) atoms. The average Bonchev–Trinajstić information content (AvgIpc) is 2.27. The largest absolute Gasteiger partial charge is 0.465 e. The fourth-order valence-electron chi connectivity index (χ4n) is 1.55. The molecule has 0 saturated heterocycles. The van der Waals surface area contributed by atoms with Gasteiger partial charge in [-0.25, -0.2) is 9.18 Å². The van der Waals surface area contributed by atoms with Crippen molar-refractivity contribution in [2.45, 2.75) is 19.9 Å². The lowest BCUT2D eigenvalue weighted by Gasteiger charge is -2.29. The van der Waals surface area contributed by atoms with Gasteiger partial charge < -0.3 is 15.2 Å². The van der Waals surface area contributed by atoms with E-state index in [1.807, 2.05) is 0 Å². The van der Waals surface area contributed by atoms with E-state index in [0.717, 1.165) is 0 Å². The SMILES string of the molecule is CC(C)(C=O)C(NC(=O)O)c1ccc(F)cc1. The zero-order valence-corrected chi connectivity index (χ0v) is 9.61. The summed E-state index contributed by atoms with van der Waals surface area (Å²) in [7, 11) is 0. The molecule has 0 heterocycles. The van der Waals surface area contributed by atoms with Crippen molar-refractivity contribution in [2.75, 3.05) is 0 Å². The third-order valence-electron chi connectivity index (χ3n) is 2.52. The molecule has 0 aliphatic carbocycles. The maximum atomic E-state index is 12.8. The van der Waals surface area contributed by atoms with Crippen LogP contribution < -0.4 is 5.32 Å². The van der Waals surface area contributed by atoms with Crippen molar-refractivity contribution in [3.05, 3.63) is 35.6 Å². The molecule has 1 amide bonds. The second-order valence-electron chi connectivity index (χ2n) is 4.37. The van der Waals surface area contributed by atoms with E-state index in [2.05, 4.69) is 5.32 Å². The molecule has 1 unspecified atom stereocenters. The summed E-state index contributed by atoms with van der Waals surface area (Å²) in [6, 6.07) is 4.67. The molecular weight excluding hydrogens is 225 g/mol. The number of rotatable bonds is 4. The van der Waals surface area contributed by atoms with Crippen LogP contribution in [0.15, 0.2) is 24.3 Å². The predicted molar refractivity (Wildman–Crippen MR) is 60.1 cm³/mol. The van der Waals surface area contributed by atoms with Gasteiger partial charge in [0.25, 0.3) is 0 Å². The summed E-state index contributed by atoms with van der Waals surface area (Å²) in [6.45, 7) is 3.23. The van der Waals surface area contributed by atoms with Crippen LogP contribution in [0, 0.1) is 11.2 Å². The number of hydrogen-bond acceptors (Lipinski definition) is 2. The molecule has 2 N–H and O–H groups in total. The van der Waals surface area contributed by atoms with Crippen LogP contribution in [0.5, 0.6) is 0 Å². The van der Waals surface area contributed by atoms with E-state index in [1.54, 1.807) is 13.8 Å². The number of benzene rings is 1. The fraction of sp³-hybridized carbons (Fsp3) is 0.333. The number of hydrogen-bond donors (Lipinski definition) is 2. The summed E-state index contributed by atoms with van der Waals surface area (Å²) in [5.41, 5.74) is -0.359. The first kappa shape index (κ1) is 13.2. The fourth-order valence-corrected chi connectivity index (χ4v) is 1.55. The first-order valence-electron chi connectivity index (χ1n) is 5.08. The number of carbonyl (C=O) groups is 2. The van der Waals surface area contributed by atoms with E-state index in [4.69, 9.17) is 5.11 Å². The van der Waals surface area contributed by atoms with Crippen molar-refractivity contribution in [1.82, 2.24) is 5.32 Å². The maximum absolute atomic E-state index is 12.8. The van der Waals surface area contributed by atoms with Crippen molar-refractivity contribution < 1.29 is 19.1 Å². The molecule has 4 nitrogen and oxygen atoms in total. The van der Waals surface area contributed by atoms with Gasteiger partial charge in [-0.2, -0.15) is 0 Å². The Hall–Kier alpha value is -1.91. The standard InChI is InChI=1S/C12H14FNO3/c1-12(2,7-15)10(14-11(16)17)8-3-5-9(13)6-4-8/h3-7,10,14H,1-2H3,(H,16,17). The number of carboxylic acid groups (broad SMARTS) is 1. The molecule has 0 aliphatic rings. The molecule has 1 atom stereocenters. The van der Waals surface area contributed by atoms with Crippen LogP contribution in [-0.2, 0) is 4.79 Å². The topological polar surface area (TPSA) is 66.4 Å². The highest BCUT2D eigenvalue weighted by atomic mass is 19.1. The van der Waals surface area contributed by atoms with E-state index >= 15 is 0 Å². The van der Waals surface area contributed by atoms with Crippen molar-refractivity contribution in [2.24, 2.45) is 5.41 Å². The minimum atomic E-state index is -1.23. The van der Waals surface area contributed by atoms with Gasteiger partial charge in [-0.05, 0) is 17.7 Å². The third kappa shape index (κ3) is 3.27. The van der Waals surface area contributed by atoms with E-state index in [1.165, 1.54) is 24.3 Å². The molecule has 5 heteroatoms. The number of halogens is 1. The Labute approximate surface area is 98.5 Å². The second-order valence-corrected chi connectivity index (χ2v) is 4.37. The molecule has 0 radical (unpaired) electrons. The molecule has 0 saturated carbocycles. The number of amides is 1. The molecule has 92 valence electrons. The molecule has 0 aromatic heterocycles. The highest BCUT2D eigenvalue weighted by molar-refractivity contribution is 5.68. The predicted octanol–water partition coefficient (Wildman–Crippen LogP) is 2.36. The first-order chi connectivity index (χ1) is 7.86. The lowest BCUT2D eigenvalue weighted by atomic mass is 9.82. The van der Waals surface area contributed by atoms with Gasteiger partial charge >= 0.3 is 6.09 Å². The van der Waals surface area contributed by atoms with Gasteiger partial charge in [0.05, 0.1) is 6.04 Å². The van der Waals surface area contributed by atoms with Gasteiger partial charge in [0.15, 0.2) is 0 Å². The minimum Gasteiger partial charge on any atom is -0.465 e.